The van der Waals surface area contributed by atoms with Gasteiger partial charge in [-0.2, -0.15) is 4.98 Å². The number of oxazole rings is 1. The summed E-state index contributed by atoms with van der Waals surface area (Å²) in [6, 6.07) is 1.11. The third-order valence-corrected chi connectivity index (χ3v) is 5.07. The topological polar surface area (TPSA) is 121 Å². The van der Waals surface area contributed by atoms with Crippen LogP contribution in [0.1, 0.15) is 34.1 Å². The molecular weight excluding hydrogens is 488 g/mol. The maximum Gasteiger partial charge on any atom is 0.407 e. The summed E-state index contributed by atoms with van der Waals surface area (Å²) in [4.78, 5) is 28.6. The number of alkyl halides is 2. The Labute approximate surface area is 204 Å². The second-order valence-corrected chi connectivity index (χ2v) is 9.60. The van der Waals surface area contributed by atoms with Gasteiger partial charge in [-0.15, -0.1) is 0 Å². The molecule has 0 bridgehead atoms. The van der Waals surface area contributed by atoms with Crippen LogP contribution in [0.2, 0.25) is 5.02 Å². The molecule has 0 aliphatic heterocycles. The molecule has 4 rings (SSSR count). The number of ether oxygens (including phenoxy) is 3. The fourth-order valence-corrected chi connectivity index (χ4v) is 3.18. The van der Waals surface area contributed by atoms with Crippen LogP contribution in [0.5, 0.6) is 11.8 Å². The Morgan fingerprint density at radius 2 is 2.03 bits per heavy atom. The molecule has 1 amide bonds. The Morgan fingerprint density at radius 1 is 1.29 bits per heavy atom. The summed E-state index contributed by atoms with van der Waals surface area (Å²) in [7, 11) is 0. The molecule has 1 aliphatic rings. The quantitative estimate of drug-likeness (QED) is 0.460. The monoisotopic (exact) mass is 511 g/mol. The lowest BCUT2D eigenvalue weighted by atomic mass is 10.2. The Balaban J connectivity index is 1.37. The number of hydrogen-bond acceptors (Lipinski definition) is 9. The van der Waals surface area contributed by atoms with E-state index in [1.807, 2.05) is 0 Å². The van der Waals surface area contributed by atoms with E-state index >= 15 is 0 Å². The molecule has 1 saturated carbocycles. The molecule has 2 atom stereocenters. The van der Waals surface area contributed by atoms with E-state index in [0.717, 1.165) is 0 Å². The molecule has 10 nitrogen and oxygen atoms in total. The summed E-state index contributed by atoms with van der Waals surface area (Å²) in [5, 5.41) is 2.82. The second-order valence-electron chi connectivity index (χ2n) is 9.19. The molecule has 35 heavy (non-hydrogen) atoms. The minimum Gasteiger partial charge on any atom is -0.491 e. The third kappa shape index (κ3) is 6.44. The zero-order valence-electron chi connectivity index (χ0n) is 19.5. The van der Waals surface area contributed by atoms with E-state index in [4.69, 9.17) is 30.2 Å². The smallest absolute Gasteiger partial charge is 0.407 e. The van der Waals surface area contributed by atoms with Gasteiger partial charge in [0, 0.05) is 12.5 Å². The number of amides is 1. The van der Waals surface area contributed by atoms with E-state index in [-0.39, 0.29) is 59.8 Å². The number of pyridine rings is 1. The predicted molar refractivity (Wildman–Crippen MR) is 121 cm³/mol. The highest BCUT2D eigenvalue weighted by Crippen LogP contribution is 2.48. The van der Waals surface area contributed by atoms with Gasteiger partial charge in [0.25, 0.3) is 11.6 Å². The van der Waals surface area contributed by atoms with Crippen LogP contribution in [0.4, 0.5) is 13.6 Å². The van der Waals surface area contributed by atoms with Crippen molar-refractivity contribution in [2.75, 3.05) is 13.2 Å². The van der Waals surface area contributed by atoms with E-state index in [1.54, 1.807) is 27.7 Å². The number of carbonyl (C=O) groups excluding carboxylic acids is 1. The summed E-state index contributed by atoms with van der Waals surface area (Å²) in [5.41, 5.74) is 0.113. The predicted octanol–water partition coefficient (Wildman–Crippen LogP) is 4.66. The van der Waals surface area contributed by atoms with E-state index in [9.17, 15) is 13.6 Å². The Kier molecular flexibility index (Phi) is 6.67. The van der Waals surface area contributed by atoms with Gasteiger partial charge >= 0.3 is 12.1 Å². The van der Waals surface area contributed by atoms with Gasteiger partial charge in [-0.05, 0) is 27.7 Å². The molecule has 1 N–H and O–H groups in total. The Morgan fingerprint density at radius 3 is 2.69 bits per heavy atom. The van der Waals surface area contributed by atoms with E-state index in [0.29, 0.717) is 5.52 Å². The molecule has 1 aliphatic carbocycles. The zero-order valence-corrected chi connectivity index (χ0v) is 20.2. The fraction of sp³-hybridized carbons (Fsp3) is 0.500. The lowest BCUT2D eigenvalue weighted by Crippen LogP contribution is -2.40. The summed E-state index contributed by atoms with van der Waals surface area (Å²) < 4.78 is 47.8. The van der Waals surface area contributed by atoms with Crippen LogP contribution in [0, 0.1) is 5.92 Å². The van der Waals surface area contributed by atoms with Crippen molar-refractivity contribution < 1.29 is 32.2 Å². The van der Waals surface area contributed by atoms with Crippen LogP contribution >= 0.6 is 11.6 Å². The molecular formula is C22H24ClF2N5O5. The van der Waals surface area contributed by atoms with Crippen molar-refractivity contribution >= 4 is 28.9 Å². The van der Waals surface area contributed by atoms with E-state index in [1.165, 1.54) is 18.5 Å². The SMILES string of the molecule is C[C@@H](COc1ncc2nc(-c3ncc(OC[C@H]4CC4(F)F)cc3Cl)oc2n1)NC(=O)OC(C)(C)C. The van der Waals surface area contributed by atoms with Crippen molar-refractivity contribution in [3.8, 4) is 23.3 Å². The van der Waals surface area contributed by atoms with Gasteiger partial charge < -0.3 is 23.9 Å². The number of rotatable bonds is 8. The first-order valence-electron chi connectivity index (χ1n) is 10.8. The molecule has 0 unspecified atom stereocenters. The largest absolute Gasteiger partial charge is 0.491 e. The highest BCUT2D eigenvalue weighted by Gasteiger charge is 2.57. The van der Waals surface area contributed by atoms with Gasteiger partial charge in [0.05, 0.1) is 36.0 Å². The molecule has 1 fully saturated rings. The van der Waals surface area contributed by atoms with Crippen molar-refractivity contribution in [1.29, 1.82) is 0 Å². The van der Waals surface area contributed by atoms with E-state index < -0.39 is 23.5 Å². The first kappa shape index (κ1) is 24.8. The average Bonchev–Trinajstić information content (AvgIpc) is 3.15. The second kappa shape index (κ2) is 9.40. The number of alkyl carbamates (subject to hydrolysis) is 1. The number of nitrogens with zero attached hydrogens (tertiary/aromatic N) is 4. The van der Waals surface area contributed by atoms with Crippen molar-refractivity contribution in [3.63, 3.8) is 0 Å². The van der Waals surface area contributed by atoms with Crippen LogP contribution in [0.25, 0.3) is 22.8 Å². The molecule has 0 aromatic carbocycles. The maximum absolute atomic E-state index is 13.0. The number of carbonyl (C=O) groups is 1. The Hall–Kier alpha value is -3.28. The zero-order chi connectivity index (χ0) is 25.4. The number of halogens is 3. The fourth-order valence-electron chi connectivity index (χ4n) is 2.94. The highest BCUT2D eigenvalue weighted by molar-refractivity contribution is 6.33. The van der Waals surface area contributed by atoms with Gasteiger partial charge in [0.2, 0.25) is 5.89 Å². The summed E-state index contributed by atoms with van der Waals surface area (Å²) >= 11 is 6.28. The van der Waals surface area contributed by atoms with Crippen LogP contribution in [0.3, 0.4) is 0 Å². The molecule has 0 saturated heterocycles. The lowest BCUT2D eigenvalue weighted by Gasteiger charge is -2.21. The van der Waals surface area contributed by atoms with Crippen LogP contribution in [-0.2, 0) is 4.74 Å². The van der Waals surface area contributed by atoms with Crippen molar-refractivity contribution in [1.82, 2.24) is 25.3 Å². The van der Waals surface area contributed by atoms with Crippen molar-refractivity contribution in [2.24, 2.45) is 5.92 Å². The first-order chi connectivity index (χ1) is 16.4. The number of aromatic nitrogens is 4. The lowest BCUT2D eigenvalue weighted by molar-refractivity contribution is 0.0492. The standard InChI is InChI=1S/C22H24ClF2N5O5/c1-11(28-20(31)35-21(2,3)4)9-33-19-27-8-15-17(30-19)34-18(29-15)16-14(23)5-13(7-26-16)32-10-12-6-22(12,24)25/h5,7-8,11-12H,6,9-10H2,1-4H3,(H,28,31)/t11-,12+/m0/s1. The molecule has 188 valence electrons. The summed E-state index contributed by atoms with van der Waals surface area (Å²) in [6.07, 6.45) is 2.03. The van der Waals surface area contributed by atoms with Gasteiger partial charge in [-0.1, -0.05) is 11.6 Å². The van der Waals surface area contributed by atoms with Gasteiger partial charge in [0.15, 0.2) is 0 Å². The normalized spacial score (nSPS) is 17.6. The van der Waals surface area contributed by atoms with Crippen molar-refractivity contribution in [3.05, 3.63) is 23.5 Å². The number of hydrogen-bond donors (Lipinski definition) is 1. The molecule has 0 radical (unpaired) electrons. The minimum atomic E-state index is -2.66. The Bertz CT molecular complexity index is 1230. The van der Waals surface area contributed by atoms with Crippen molar-refractivity contribution in [2.45, 2.75) is 51.7 Å². The molecule has 13 heteroatoms. The van der Waals surface area contributed by atoms with Crippen LogP contribution in [0.15, 0.2) is 22.9 Å². The average molecular weight is 512 g/mol. The third-order valence-electron chi connectivity index (χ3n) is 4.78. The number of fused-ring (bicyclic) bond motifs is 1. The maximum atomic E-state index is 13.0. The van der Waals surface area contributed by atoms with Gasteiger partial charge in [0.1, 0.15) is 29.2 Å². The first-order valence-corrected chi connectivity index (χ1v) is 11.2. The highest BCUT2D eigenvalue weighted by atomic mass is 35.5. The van der Waals surface area contributed by atoms with E-state index in [2.05, 4.69) is 25.3 Å². The van der Waals surface area contributed by atoms with Crippen LogP contribution < -0.4 is 14.8 Å². The molecule has 3 aromatic heterocycles. The molecule has 3 aromatic rings. The number of nitrogens with one attached hydrogen (secondary N) is 1. The van der Waals surface area contributed by atoms with Crippen LogP contribution in [-0.4, -0.2) is 56.8 Å². The summed E-state index contributed by atoms with van der Waals surface area (Å²) in [6.45, 7) is 7.03. The minimum absolute atomic E-state index is 0.0257. The van der Waals surface area contributed by atoms with Gasteiger partial charge in [-0.3, -0.25) is 0 Å². The van der Waals surface area contributed by atoms with Gasteiger partial charge in [-0.25, -0.2) is 28.5 Å². The molecule has 0 spiro atoms. The molecule has 3 heterocycles. The summed E-state index contributed by atoms with van der Waals surface area (Å²) in [5.74, 6) is -3.09.